The molecule has 7 heteroatoms. The van der Waals surface area contributed by atoms with E-state index in [0.29, 0.717) is 24.9 Å². The van der Waals surface area contributed by atoms with Crippen LogP contribution in [0.25, 0.3) is 0 Å². The lowest BCUT2D eigenvalue weighted by atomic mass is 10.1. The van der Waals surface area contributed by atoms with Gasteiger partial charge in [0.2, 0.25) is 5.90 Å². The van der Waals surface area contributed by atoms with Crippen LogP contribution in [0.2, 0.25) is 0 Å². The van der Waals surface area contributed by atoms with Crippen molar-refractivity contribution in [2.24, 2.45) is 9.98 Å². The average Bonchev–Trinajstić information content (AvgIpc) is 3.42. The first-order valence-electron chi connectivity index (χ1n) is 9.57. The zero-order chi connectivity index (χ0) is 19.3. The molecule has 146 valence electrons. The van der Waals surface area contributed by atoms with Gasteiger partial charge in [-0.05, 0) is 37.6 Å². The van der Waals surface area contributed by atoms with Crippen molar-refractivity contribution in [2.45, 2.75) is 20.0 Å². The lowest BCUT2D eigenvalue weighted by Crippen LogP contribution is -2.19. The molecule has 2 N–H and O–H groups in total. The second-order valence-corrected chi connectivity index (χ2v) is 6.36. The zero-order valence-corrected chi connectivity index (χ0v) is 16.1. The van der Waals surface area contributed by atoms with Crippen LogP contribution in [0.15, 0.2) is 52.4 Å². The lowest BCUT2D eigenvalue weighted by Gasteiger charge is -2.11. The van der Waals surface area contributed by atoms with Crippen molar-refractivity contribution in [1.29, 1.82) is 0 Å². The first-order chi connectivity index (χ1) is 13.8. The first kappa shape index (κ1) is 18.3. The van der Waals surface area contributed by atoms with Crippen molar-refractivity contribution >= 4 is 11.7 Å². The number of amidine groups is 1. The van der Waals surface area contributed by atoms with Crippen LogP contribution in [-0.4, -0.2) is 38.0 Å². The highest BCUT2D eigenvalue weighted by Crippen LogP contribution is 2.30. The van der Waals surface area contributed by atoms with Crippen LogP contribution in [0.4, 0.5) is 0 Å². The van der Waals surface area contributed by atoms with Crippen molar-refractivity contribution in [2.75, 3.05) is 26.3 Å². The topological polar surface area (TPSA) is 76.5 Å². The highest BCUT2D eigenvalue weighted by atomic mass is 16.7. The Morgan fingerprint density at radius 1 is 1.00 bits per heavy atom. The maximum absolute atomic E-state index is 5.69. The summed E-state index contributed by atoms with van der Waals surface area (Å²) < 4.78 is 11.3. The minimum Gasteiger partial charge on any atom is -0.490 e. The van der Waals surface area contributed by atoms with Crippen LogP contribution in [0.3, 0.4) is 0 Å². The zero-order valence-electron chi connectivity index (χ0n) is 16.1. The number of hydroxylamine groups is 1. The monoisotopic (exact) mass is 380 g/mol. The fourth-order valence-corrected chi connectivity index (χ4v) is 3.16. The molecule has 2 aromatic carbocycles. The molecule has 7 nitrogen and oxygen atoms in total. The van der Waals surface area contributed by atoms with Crippen LogP contribution >= 0.6 is 0 Å². The second-order valence-electron chi connectivity index (χ2n) is 6.36. The summed E-state index contributed by atoms with van der Waals surface area (Å²) in [7, 11) is 0. The molecule has 0 saturated carbocycles. The number of nitrogens with zero attached hydrogens (tertiary/aromatic N) is 2. The molecule has 2 aromatic rings. The summed E-state index contributed by atoms with van der Waals surface area (Å²) in [6.45, 7) is 6.76. The Labute approximate surface area is 164 Å². The largest absolute Gasteiger partial charge is 0.490 e. The van der Waals surface area contributed by atoms with Gasteiger partial charge in [0.1, 0.15) is 5.84 Å². The van der Waals surface area contributed by atoms with E-state index in [9.17, 15) is 0 Å². The predicted molar refractivity (Wildman–Crippen MR) is 108 cm³/mol. The number of benzene rings is 2. The van der Waals surface area contributed by atoms with Crippen LogP contribution in [0.5, 0.6) is 11.5 Å². The molecule has 0 aromatic heterocycles. The number of rotatable bonds is 7. The number of nitrogens with one attached hydrogen (secondary N) is 2. The average molecular weight is 380 g/mol. The summed E-state index contributed by atoms with van der Waals surface area (Å²) in [6.07, 6.45) is -0.260. The van der Waals surface area contributed by atoms with Gasteiger partial charge in [-0.1, -0.05) is 24.3 Å². The quantitative estimate of drug-likeness (QED) is 0.772. The van der Waals surface area contributed by atoms with Crippen LogP contribution < -0.4 is 20.3 Å². The summed E-state index contributed by atoms with van der Waals surface area (Å²) in [5.74, 6) is 2.88. The lowest BCUT2D eigenvalue weighted by molar-refractivity contribution is 0.180. The maximum Gasteiger partial charge on any atom is 0.242 e. The van der Waals surface area contributed by atoms with Gasteiger partial charge in [0, 0.05) is 17.7 Å². The van der Waals surface area contributed by atoms with Gasteiger partial charge in [0.25, 0.3) is 0 Å². The molecule has 0 bridgehead atoms. The third kappa shape index (κ3) is 3.80. The van der Waals surface area contributed by atoms with Crippen molar-refractivity contribution in [3.05, 3.63) is 59.2 Å². The molecule has 0 aliphatic carbocycles. The molecule has 0 amide bonds. The molecule has 28 heavy (non-hydrogen) atoms. The van der Waals surface area contributed by atoms with Gasteiger partial charge in [0.05, 0.1) is 19.8 Å². The number of hydrogen-bond donors (Lipinski definition) is 2. The Balaban J connectivity index is 1.53. The van der Waals surface area contributed by atoms with Crippen molar-refractivity contribution < 1.29 is 14.3 Å². The number of ether oxygens (including phenoxy) is 2. The van der Waals surface area contributed by atoms with Gasteiger partial charge in [-0.3, -0.25) is 4.99 Å². The normalized spacial score (nSPS) is 18.1. The Hall–Kier alpha value is -3.06. The molecule has 0 fully saturated rings. The summed E-state index contributed by atoms with van der Waals surface area (Å²) >= 11 is 0. The molecule has 2 aliphatic heterocycles. The molecule has 4 rings (SSSR count). The van der Waals surface area contributed by atoms with Crippen LogP contribution in [0.1, 0.15) is 36.7 Å². The van der Waals surface area contributed by atoms with E-state index >= 15 is 0 Å². The van der Waals surface area contributed by atoms with E-state index in [0.717, 1.165) is 41.4 Å². The predicted octanol–water partition coefficient (Wildman–Crippen LogP) is 2.81. The molecule has 2 aliphatic rings. The van der Waals surface area contributed by atoms with E-state index < -0.39 is 0 Å². The standard InChI is InChI=1S/C21H24N4O3/c1-3-26-17-10-9-16(13-18(17)27-4-2)21-24-20(25-28-21)15-7-5-14(6-8-15)19-22-11-12-23-19/h5-10,13,20,25H,3-4,11-12H2,1-2H3,(H,22,23). The smallest absolute Gasteiger partial charge is 0.242 e. The van der Waals surface area contributed by atoms with E-state index in [1.807, 2.05) is 56.3 Å². The van der Waals surface area contributed by atoms with Crippen LogP contribution in [0, 0.1) is 0 Å². The third-order valence-corrected chi connectivity index (χ3v) is 4.48. The SMILES string of the molecule is CCOc1ccc(C2=NC(c3ccc(C4=NCCN4)cc3)NO2)cc1OCC. The van der Waals surface area contributed by atoms with Crippen LogP contribution in [-0.2, 0) is 4.84 Å². The Morgan fingerprint density at radius 3 is 2.46 bits per heavy atom. The van der Waals surface area contributed by atoms with Crippen molar-refractivity contribution in [3.63, 3.8) is 0 Å². The molecule has 1 atom stereocenters. The maximum atomic E-state index is 5.69. The fraction of sp³-hybridized carbons (Fsp3) is 0.333. The van der Waals surface area contributed by atoms with Crippen molar-refractivity contribution in [3.8, 4) is 11.5 Å². The Bertz CT molecular complexity index is 893. The molecule has 2 heterocycles. The highest BCUT2D eigenvalue weighted by molar-refractivity contribution is 5.99. The van der Waals surface area contributed by atoms with Gasteiger partial charge < -0.3 is 19.6 Å². The Kier molecular flexibility index (Phi) is 5.43. The number of aliphatic imine (C=N–C) groups is 2. The minimum absolute atomic E-state index is 0.260. The molecular weight excluding hydrogens is 356 g/mol. The molecule has 0 saturated heterocycles. The van der Waals surface area contributed by atoms with Gasteiger partial charge in [0.15, 0.2) is 17.7 Å². The number of hydrogen-bond acceptors (Lipinski definition) is 7. The van der Waals surface area contributed by atoms with Gasteiger partial charge in [-0.2, -0.15) is 0 Å². The third-order valence-electron chi connectivity index (χ3n) is 4.48. The van der Waals surface area contributed by atoms with Crippen molar-refractivity contribution in [1.82, 2.24) is 10.8 Å². The summed E-state index contributed by atoms with van der Waals surface area (Å²) in [4.78, 5) is 14.8. The molecule has 1 unspecified atom stereocenters. The van der Waals surface area contributed by atoms with E-state index in [2.05, 4.69) is 20.8 Å². The van der Waals surface area contributed by atoms with Gasteiger partial charge in [-0.25, -0.2) is 4.99 Å². The second kappa shape index (κ2) is 8.31. The first-order valence-corrected chi connectivity index (χ1v) is 9.57. The molecular formula is C21H24N4O3. The van der Waals surface area contributed by atoms with E-state index in [4.69, 9.17) is 14.3 Å². The Morgan fingerprint density at radius 2 is 1.75 bits per heavy atom. The fourth-order valence-electron chi connectivity index (χ4n) is 3.16. The summed E-state index contributed by atoms with van der Waals surface area (Å²) in [6, 6.07) is 13.9. The van der Waals surface area contributed by atoms with E-state index in [-0.39, 0.29) is 6.17 Å². The molecule has 0 spiro atoms. The van der Waals surface area contributed by atoms with E-state index in [1.54, 1.807) is 0 Å². The van der Waals surface area contributed by atoms with E-state index in [1.165, 1.54) is 0 Å². The summed E-state index contributed by atoms with van der Waals surface area (Å²) in [5.41, 5.74) is 5.92. The molecule has 0 radical (unpaired) electrons. The minimum atomic E-state index is -0.260. The van der Waals surface area contributed by atoms with Gasteiger partial charge >= 0.3 is 0 Å². The summed E-state index contributed by atoms with van der Waals surface area (Å²) in [5, 5.41) is 3.28. The van der Waals surface area contributed by atoms with Gasteiger partial charge in [-0.15, -0.1) is 5.48 Å². The highest BCUT2D eigenvalue weighted by Gasteiger charge is 2.23.